The molecule has 1 amide bonds. The molecule has 1 atom stereocenters. The van der Waals surface area contributed by atoms with Gasteiger partial charge in [-0.2, -0.15) is 0 Å². The van der Waals surface area contributed by atoms with E-state index >= 15 is 0 Å². The van der Waals surface area contributed by atoms with Gasteiger partial charge in [0.25, 0.3) is 11.7 Å². The second-order valence-corrected chi connectivity index (χ2v) is 2.72. The van der Waals surface area contributed by atoms with Gasteiger partial charge in [0.2, 0.25) is 0 Å². The zero-order valence-electron chi connectivity index (χ0n) is 6.83. The summed E-state index contributed by atoms with van der Waals surface area (Å²) in [6.07, 6.45) is 3.16. The Kier molecular flexibility index (Phi) is 2.28. The molecule has 0 unspecified atom stereocenters. The molecule has 4 heteroatoms. The fourth-order valence-corrected chi connectivity index (χ4v) is 1.04. The summed E-state index contributed by atoms with van der Waals surface area (Å²) in [7, 11) is 0. The first kappa shape index (κ1) is 8.93. The van der Waals surface area contributed by atoms with Crippen LogP contribution in [0.3, 0.4) is 0 Å². The van der Waals surface area contributed by atoms with Crippen molar-refractivity contribution in [3.63, 3.8) is 0 Å². The Morgan fingerprint density at radius 1 is 1.67 bits per heavy atom. The van der Waals surface area contributed by atoms with E-state index < -0.39 is 17.3 Å². The smallest absolute Gasteiger partial charge is 0.291 e. The first-order chi connectivity index (χ1) is 5.60. The van der Waals surface area contributed by atoms with E-state index in [0.29, 0.717) is 6.54 Å². The van der Waals surface area contributed by atoms with Crippen molar-refractivity contribution in [1.82, 2.24) is 5.32 Å². The van der Waals surface area contributed by atoms with Crippen LogP contribution in [0.5, 0.6) is 0 Å². The molecule has 0 aromatic rings. The minimum atomic E-state index is -1.60. The monoisotopic (exact) mass is 169 g/mol. The molecule has 1 aliphatic heterocycles. The largest absolute Gasteiger partial charge is 0.377 e. The number of nitrogens with one attached hydrogen (secondary N) is 1. The molecule has 2 N–H and O–H groups in total. The highest BCUT2D eigenvalue weighted by atomic mass is 16.3. The molecule has 1 heterocycles. The van der Waals surface area contributed by atoms with Crippen LogP contribution in [-0.4, -0.2) is 28.9 Å². The third-order valence-corrected chi connectivity index (χ3v) is 1.91. The molecule has 0 saturated carbocycles. The van der Waals surface area contributed by atoms with Gasteiger partial charge in [0, 0.05) is 6.54 Å². The highest BCUT2D eigenvalue weighted by Gasteiger charge is 2.36. The van der Waals surface area contributed by atoms with Gasteiger partial charge in [-0.15, -0.1) is 0 Å². The number of carbonyl (C=O) groups excluding carboxylic acids is 2. The van der Waals surface area contributed by atoms with Crippen LogP contribution in [0.2, 0.25) is 0 Å². The van der Waals surface area contributed by atoms with Gasteiger partial charge in [-0.1, -0.05) is 13.0 Å². The molecular formula is C8H11NO3. The summed E-state index contributed by atoms with van der Waals surface area (Å²) >= 11 is 0. The molecule has 66 valence electrons. The fraction of sp³-hybridized carbons (Fsp3) is 0.500. The lowest BCUT2D eigenvalue weighted by Crippen LogP contribution is -2.44. The van der Waals surface area contributed by atoms with Gasteiger partial charge in [0.1, 0.15) is 0 Å². The lowest BCUT2D eigenvalue weighted by atomic mass is 9.95. The van der Waals surface area contributed by atoms with Gasteiger partial charge in [-0.05, 0) is 12.5 Å². The Hall–Kier alpha value is -1.16. The van der Waals surface area contributed by atoms with Crippen molar-refractivity contribution in [2.45, 2.75) is 18.9 Å². The first-order valence-corrected chi connectivity index (χ1v) is 3.83. The van der Waals surface area contributed by atoms with Gasteiger partial charge in [0.15, 0.2) is 5.60 Å². The van der Waals surface area contributed by atoms with Crippen LogP contribution in [0.15, 0.2) is 12.2 Å². The number of hydrogen-bond donors (Lipinski definition) is 2. The lowest BCUT2D eigenvalue weighted by Gasteiger charge is -2.17. The predicted octanol–water partition coefficient (Wildman–Crippen LogP) is -0.617. The summed E-state index contributed by atoms with van der Waals surface area (Å²) in [5.41, 5.74) is -1.60. The van der Waals surface area contributed by atoms with Crippen molar-refractivity contribution in [2.75, 3.05) is 6.54 Å². The first-order valence-electron chi connectivity index (χ1n) is 3.83. The Labute approximate surface area is 70.3 Å². The maximum absolute atomic E-state index is 11.2. The van der Waals surface area contributed by atoms with Crippen LogP contribution in [0.1, 0.15) is 13.3 Å². The minimum Gasteiger partial charge on any atom is -0.377 e. The molecule has 0 spiro atoms. The van der Waals surface area contributed by atoms with Gasteiger partial charge in [-0.3, -0.25) is 9.59 Å². The molecule has 0 aromatic carbocycles. The van der Waals surface area contributed by atoms with E-state index in [1.165, 1.54) is 6.08 Å². The predicted molar refractivity (Wildman–Crippen MR) is 42.4 cm³/mol. The Bertz CT molecular complexity index is 247. The maximum Gasteiger partial charge on any atom is 0.291 e. The third-order valence-electron chi connectivity index (χ3n) is 1.91. The summed E-state index contributed by atoms with van der Waals surface area (Å²) in [6, 6.07) is 0. The number of rotatable bonds is 1. The van der Waals surface area contributed by atoms with Crippen LogP contribution >= 0.6 is 0 Å². The van der Waals surface area contributed by atoms with E-state index in [1.807, 2.05) is 0 Å². The topological polar surface area (TPSA) is 66.4 Å². The Balaban J connectivity index is 2.97. The highest BCUT2D eigenvalue weighted by Crippen LogP contribution is 2.14. The van der Waals surface area contributed by atoms with Gasteiger partial charge in [0.05, 0.1) is 0 Å². The average molecular weight is 169 g/mol. The van der Waals surface area contributed by atoms with Crippen molar-refractivity contribution in [3.8, 4) is 0 Å². The van der Waals surface area contributed by atoms with E-state index in [4.69, 9.17) is 0 Å². The quantitative estimate of drug-likeness (QED) is 0.406. The van der Waals surface area contributed by atoms with E-state index in [1.54, 1.807) is 13.0 Å². The van der Waals surface area contributed by atoms with Crippen molar-refractivity contribution >= 4 is 11.7 Å². The second-order valence-electron chi connectivity index (χ2n) is 2.72. The van der Waals surface area contributed by atoms with Crippen LogP contribution in [-0.2, 0) is 9.59 Å². The normalized spacial score (nSPS) is 29.8. The highest BCUT2D eigenvalue weighted by molar-refractivity contribution is 6.40. The average Bonchev–Trinajstić information content (AvgIpc) is 2.20. The van der Waals surface area contributed by atoms with Crippen LogP contribution in [0, 0.1) is 0 Å². The number of ketones is 1. The van der Waals surface area contributed by atoms with Crippen molar-refractivity contribution in [1.29, 1.82) is 0 Å². The maximum atomic E-state index is 11.2. The molecule has 0 radical (unpaired) electrons. The second kappa shape index (κ2) is 3.06. The summed E-state index contributed by atoms with van der Waals surface area (Å²) in [4.78, 5) is 22.1. The van der Waals surface area contributed by atoms with E-state index in [0.717, 1.165) is 0 Å². The fourth-order valence-electron chi connectivity index (χ4n) is 1.04. The van der Waals surface area contributed by atoms with E-state index in [-0.39, 0.29) is 6.42 Å². The van der Waals surface area contributed by atoms with Crippen LogP contribution < -0.4 is 5.32 Å². The zero-order valence-corrected chi connectivity index (χ0v) is 6.83. The van der Waals surface area contributed by atoms with Crippen molar-refractivity contribution in [2.24, 2.45) is 0 Å². The molecular weight excluding hydrogens is 158 g/mol. The van der Waals surface area contributed by atoms with Gasteiger partial charge >= 0.3 is 0 Å². The minimum absolute atomic E-state index is 0.218. The molecule has 4 nitrogen and oxygen atoms in total. The molecule has 1 rings (SSSR count). The molecule has 0 aliphatic carbocycles. The number of Topliss-reactive ketones (excluding diaryl/α,β-unsaturated/α-hetero) is 1. The standard InChI is InChI=1S/C8H11NO3/c1-2-8(12)4-3-5-9-7(11)6(8)10/h3-4,12H,2,5H2,1H3,(H,9,11)/t8-/m1/s1. The Morgan fingerprint density at radius 3 is 2.92 bits per heavy atom. The number of carbonyl (C=O) groups is 2. The number of aliphatic hydroxyl groups is 1. The molecule has 0 bridgehead atoms. The summed E-state index contributed by atoms with van der Waals surface area (Å²) < 4.78 is 0. The van der Waals surface area contributed by atoms with Gasteiger partial charge < -0.3 is 10.4 Å². The van der Waals surface area contributed by atoms with Crippen molar-refractivity contribution in [3.05, 3.63) is 12.2 Å². The summed E-state index contributed by atoms with van der Waals surface area (Å²) in [5.74, 6) is -1.50. The third kappa shape index (κ3) is 1.38. The lowest BCUT2D eigenvalue weighted by molar-refractivity contribution is -0.146. The van der Waals surface area contributed by atoms with E-state index in [9.17, 15) is 14.7 Å². The SMILES string of the molecule is CC[C@@]1(O)C=CCNC(=O)C1=O. The summed E-state index contributed by atoms with van der Waals surface area (Å²) in [5, 5.41) is 12.0. The molecule has 0 fully saturated rings. The molecule has 12 heavy (non-hydrogen) atoms. The Morgan fingerprint density at radius 2 is 2.33 bits per heavy atom. The van der Waals surface area contributed by atoms with Gasteiger partial charge in [-0.25, -0.2) is 0 Å². The summed E-state index contributed by atoms with van der Waals surface area (Å²) in [6.45, 7) is 1.95. The van der Waals surface area contributed by atoms with E-state index in [2.05, 4.69) is 5.32 Å². The molecule has 0 aromatic heterocycles. The van der Waals surface area contributed by atoms with Crippen LogP contribution in [0.25, 0.3) is 0 Å². The number of hydrogen-bond acceptors (Lipinski definition) is 3. The zero-order chi connectivity index (χ0) is 9.19. The molecule has 1 aliphatic rings. The van der Waals surface area contributed by atoms with Crippen LogP contribution in [0.4, 0.5) is 0 Å². The number of amides is 1. The van der Waals surface area contributed by atoms with Crippen molar-refractivity contribution < 1.29 is 14.7 Å². The molecule has 0 saturated heterocycles.